The van der Waals surface area contributed by atoms with E-state index in [-0.39, 0.29) is 0 Å². The summed E-state index contributed by atoms with van der Waals surface area (Å²) < 4.78 is 9.32. The Hall–Kier alpha value is -5.60. The van der Waals surface area contributed by atoms with Gasteiger partial charge in [0.05, 0.1) is 16.4 Å². The van der Waals surface area contributed by atoms with Crippen LogP contribution in [0.15, 0.2) is 125 Å². The van der Waals surface area contributed by atoms with Crippen LogP contribution in [0.5, 0.6) is 0 Å². The van der Waals surface area contributed by atoms with Gasteiger partial charge in [-0.3, -0.25) is 0 Å². The van der Waals surface area contributed by atoms with Crippen molar-refractivity contribution in [2.24, 2.45) is 11.8 Å². The van der Waals surface area contributed by atoms with Crippen molar-refractivity contribution >= 4 is 55.7 Å². The van der Waals surface area contributed by atoms with E-state index in [0.717, 1.165) is 43.4 Å². The first-order valence-electron chi connectivity index (χ1n) is 19.4. The molecule has 0 spiro atoms. The number of nitrogens with zero attached hydrogens (tertiary/aromatic N) is 1. The number of benzene rings is 5. The lowest BCUT2D eigenvalue weighted by atomic mass is 9.80. The number of aromatic nitrogens is 1. The smallest absolute Gasteiger partial charge is 0.145 e. The highest BCUT2D eigenvalue weighted by Crippen LogP contribution is 2.61. The van der Waals surface area contributed by atoms with Gasteiger partial charge in [-0.25, -0.2) is 0 Å². The van der Waals surface area contributed by atoms with Crippen LogP contribution in [0.3, 0.4) is 0 Å². The predicted octanol–water partition coefficient (Wildman–Crippen LogP) is 12.7. The Morgan fingerprint density at radius 3 is 2.35 bits per heavy atom. The fourth-order valence-electron chi connectivity index (χ4n) is 11.0. The second-order valence-electron chi connectivity index (χ2n) is 16.0. The van der Waals surface area contributed by atoms with Crippen LogP contribution < -0.4 is 0 Å². The van der Waals surface area contributed by atoms with E-state index in [2.05, 4.69) is 132 Å². The van der Waals surface area contributed by atoms with Crippen LogP contribution >= 0.6 is 0 Å². The molecule has 2 fully saturated rings. The van der Waals surface area contributed by atoms with Gasteiger partial charge < -0.3 is 8.98 Å². The lowest BCUT2D eigenvalue weighted by Crippen LogP contribution is -2.05. The highest BCUT2D eigenvalue weighted by molar-refractivity contribution is 6.21. The average Bonchev–Trinajstić information content (AvgIpc) is 4.07. The lowest BCUT2D eigenvalue weighted by molar-refractivity contribution is 0.598. The summed E-state index contributed by atoms with van der Waals surface area (Å²) in [5.41, 5.74) is 18.2. The van der Waals surface area contributed by atoms with Crippen molar-refractivity contribution in [3.05, 3.63) is 160 Å². The largest absolute Gasteiger partial charge is 0.456 e. The molecule has 0 aliphatic heterocycles. The summed E-state index contributed by atoms with van der Waals surface area (Å²) in [6.45, 7) is 0. The van der Waals surface area contributed by atoms with Gasteiger partial charge >= 0.3 is 0 Å². The first kappa shape index (κ1) is 28.0. The Bertz CT molecular complexity index is 2900. The maximum atomic E-state index is 6.75. The highest BCUT2D eigenvalue weighted by Gasteiger charge is 2.50. The second kappa shape index (κ2) is 10.0. The summed E-state index contributed by atoms with van der Waals surface area (Å²) in [6, 6.07) is 28.3. The molecule has 0 amide bonds. The molecule has 2 nitrogen and oxygen atoms in total. The van der Waals surface area contributed by atoms with Gasteiger partial charge in [-0.05, 0) is 136 Å². The molecule has 2 heteroatoms. The number of hydrogen-bond donors (Lipinski definition) is 0. The molecular formula is C50H37NO. The quantitative estimate of drug-likeness (QED) is 0.172. The van der Waals surface area contributed by atoms with E-state index < -0.39 is 0 Å². The molecule has 2 heterocycles. The first-order chi connectivity index (χ1) is 25.8. The van der Waals surface area contributed by atoms with Gasteiger partial charge in [0.2, 0.25) is 0 Å². The van der Waals surface area contributed by atoms with Gasteiger partial charge in [-0.1, -0.05) is 103 Å². The van der Waals surface area contributed by atoms with Crippen molar-refractivity contribution in [2.75, 3.05) is 0 Å². The van der Waals surface area contributed by atoms with Gasteiger partial charge in [-0.15, -0.1) is 0 Å². The molecule has 3 atom stereocenters. The van der Waals surface area contributed by atoms with Crippen molar-refractivity contribution < 1.29 is 4.42 Å². The summed E-state index contributed by atoms with van der Waals surface area (Å²) in [5.74, 6) is 3.40. The highest BCUT2D eigenvalue weighted by atomic mass is 16.3. The van der Waals surface area contributed by atoms with Crippen LogP contribution in [-0.2, 0) is 19.3 Å². The van der Waals surface area contributed by atoms with Gasteiger partial charge in [0.15, 0.2) is 0 Å². The van der Waals surface area contributed by atoms with Gasteiger partial charge in [-0.2, -0.15) is 0 Å². The van der Waals surface area contributed by atoms with E-state index in [9.17, 15) is 0 Å². The monoisotopic (exact) mass is 667 g/mol. The molecule has 2 aromatic heterocycles. The van der Waals surface area contributed by atoms with E-state index in [0.29, 0.717) is 23.7 Å². The Kier molecular flexibility index (Phi) is 5.42. The third kappa shape index (κ3) is 3.65. The molecule has 5 aromatic carbocycles. The van der Waals surface area contributed by atoms with Crippen LogP contribution in [0, 0.1) is 11.8 Å². The first-order valence-corrected chi connectivity index (χ1v) is 19.4. The molecule has 6 aliphatic rings. The minimum Gasteiger partial charge on any atom is -0.456 e. The Morgan fingerprint density at radius 2 is 1.48 bits per heavy atom. The van der Waals surface area contributed by atoms with Crippen molar-refractivity contribution in [1.29, 1.82) is 0 Å². The number of allylic oxidation sites excluding steroid dienone is 8. The van der Waals surface area contributed by atoms with Crippen molar-refractivity contribution in [2.45, 2.75) is 50.4 Å². The molecular weight excluding hydrogens is 631 g/mol. The Morgan fingerprint density at radius 1 is 0.692 bits per heavy atom. The van der Waals surface area contributed by atoms with Gasteiger partial charge in [0.1, 0.15) is 11.3 Å². The summed E-state index contributed by atoms with van der Waals surface area (Å²) >= 11 is 0. The summed E-state index contributed by atoms with van der Waals surface area (Å²) in [5, 5.41) is 6.67. The van der Waals surface area contributed by atoms with Crippen LogP contribution in [-0.4, -0.2) is 4.57 Å². The molecule has 248 valence electrons. The van der Waals surface area contributed by atoms with E-state index in [1.165, 1.54) is 89.0 Å². The summed E-state index contributed by atoms with van der Waals surface area (Å²) in [7, 11) is 0. The Balaban J connectivity index is 1.04. The number of hydrogen-bond acceptors (Lipinski definition) is 1. The third-order valence-electron chi connectivity index (χ3n) is 13.4. The maximum absolute atomic E-state index is 6.75. The third-order valence-corrected chi connectivity index (χ3v) is 13.4. The summed E-state index contributed by atoms with van der Waals surface area (Å²) in [4.78, 5) is 0. The van der Waals surface area contributed by atoms with Crippen molar-refractivity contribution in [1.82, 2.24) is 4.57 Å². The molecule has 13 rings (SSSR count). The Labute approximate surface area is 302 Å². The zero-order valence-corrected chi connectivity index (χ0v) is 29.0. The van der Waals surface area contributed by atoms with E-state index in [4.69, 9.17) is 4.42 Å². The number of aryl methyl sites for hydroxylation is 1. The van der Waals surface area contributed by atoms with Crippen LogP contribution in [0.2, 0.25) is 0 Å². The normalized spacial score (nSPS) is 23.1. The molecule has 0 N–H and O–H groups in total. The van der Waals surface area contributed by atoms with Gasteiger partial charge in [0, 0.05) is 27.9 Å². The number of furan rings is 1. The molecule has 0 bridgehead atoms. The maximum Gasteiger partial charge on any atom is 0.145 e. The molecule has 52 heavy (non-hydrogen) atoms. The molecule has 2 saturated carbocycles. The van der Waals surface area contributed by atoms with Gasteiger partial charge in [0.25, 0.3) is 0 Å². The fraction of sp³-hybridized carbons (Fsp3) is 0.200. The van der Waals surface area contributed by atoms with Crippen LogP contribution in [0.1, 0.15) is 70.2 Å². The lowest BCUT2D eigenvalue weighted by Gasteiger charge is -2.24. The number of fused-ring (bicyclic) bond motifs is 14. The van der Waals surface area contributed by atoms with E-state index in [1.54, 1.807) is 11.1 Å². The van der Waals surface area contributed by atoms with E-state index in [1.807, 2.05) is 0 Å². The molecule has 6 aliphatic carbocycles. The minimum atomic E-state index is 0.545. The standard InChI is InChI=1S/C50H37NO/c1-3-12-35-33(10-1)44(34-11-2-4-13-36(34)46(35)47-37-14-5-6-15-38(37)47)28-19-22-31(23-20-28)51-42-26-25-39-32-9-7-8-16-43(32)52-50(39)48(42)40-24-21-29-17-18-30-27-41(30)45(29)49(40)51/h1,3-6,8,10,12-16,18-26,37-38,41,47H,2,7,9,11,17,27H2. The van der Waals surface area contributed by atoms with Crippen molar-refractivity contribution in [3.8, 4) is 16.8 Å². The predicted molar refractivity (Wildman–Crippen MR) is 215 cm³/mol. The minimum absolute atomic E-state index is 0.545. The number of rotatable bonds is 3. The molecule has 0 radical (unpaired) electrons. The summed E-state index contributed by atoms with van der Waals surface area (Å²) in [6.07, 6.45) is 27.6. The van der Waals surface area contributed by atoms with Crippen molar-refractivity contribution in [3.63, 3.8) is 0 Å². The van der Waals surface area contributed by atoms with Crippen LogP contribution in [0.4, 0.5) is 0 Å². The molecule has 0 saturated heterocycles. The molecule has 3 unspecified atom stereocenters. The topological polar surface area (TPSA) is 18.1 Å². The fourth-order valence-corrected chi connectivity index (χ4v) is 11.0. The zero-order chi connectivity index (χ0) is 33.7. The SMILES string of the molecule is C1=CC2C(C=C1)C2c1c2c(c(-c3ccc(-n4c5ccc6c7c(oc6c5c5ccc6c(c54)C4CC4=CC6)C=CCC7)cc3)c3ccccc13)CCC=C2. The second-order valence-corrected chi connectivity index (χ2v) is 16.0. The zero-order valence-electron chi connectivity index (χ0n) is 29.0. The van der Waals surface area contributed by atoms with Crippen LogP contribution in [0.25, 0.3) is 72.5 Å². The van der Waals surface area contributed by atoms with E-state index >= 15 is 0 Å². The molecule has 7 aromatic rings. The average molecular weight is 668 g/mol.